The van der Waals surface area contributed by atoms with Crippen molar-refractivity contribution in [2.45, 2.75) is 12.5 Å². The van der Waals surface area contributed by atoms with E-state index in [1.54, 1.807) is 42.5 Å². The maximum atomic E-state index is 12.5. The lowest BCUT2D eigenvalue weighted by atomic mass is 10.1. The lowest BCUT2D eigenvalue weighted by Crippen LogP contribution is -2.44. The number of carbonyl (C=O) groups excluding carboxylic acids is 2. The zero-order chi connectivity index (χ0) is 19.2. The molecule has 0 radical (unpaired) electrons. The summed E-state index contributed by atoms with van der Waals surface area (Å²) in [5.41, 5.74) is 0.883. The fraction of sp³-hybridized carbons (Fsp3) is 0.222. The quantitative estimate of drug-likeness (QED) is 0.754. The van der Waals surface area contributed by atoms with Crippen molar-refractivity contribution in [1.82, 2.24) is 5.32 Å². The van der Waals surface area contributed by atoms with Gasteiger partial charge in [0.15, 0.2) is 0 Å². The zero-order valence-electron chi connectivity index (χ0n) is 14.1. The fourth-order valence-corrected chi connectivity index (χ4v) is 2.98. The number of nitrogens with one attached hydrogen (secondary N) is 2. The van der Waals surface area contributed by atoms with Crippen molar-refractivity contribution < 1.29 is 18.0 Å². The molecule has 0 aliphatic carbocycles. The summed E-state index contributed by atoms with van der Waals surface area (Å²) in [6, 6.07) is 13.9. The van der Waals surface area contributed by atoms with E-state index in [0.29, 0.717) is 16.3 Å². The van der Waals surface area contributed by atoms with Crippen LogP contribution >= 0.6 is 11.6 Å². The van der Waals surface area contributed by atoms with Crippen LogP contribution in [0.5, 0.6) is 0 Å². The van der Waals surface area contributed by atoms with Crippen LogP contribution in [0.4, 0.5) is 5.69 Å². The van der Waals surface area contributed by atoms with Crippen molar-refractivity contribution in [2.75, 3.05) is 17.3 Å². The molecule has 1 atom stereocenters. The van der Waals surface area contributed by atoms with Gasteiger partial charge in [-0.1, -0.05) is 29.8 Å². The summed E-state index contributed by atoms with van der Waals surface area (Å²) in [5, 5.41) is 5.74. The summed E-state index contributed by atoms with van der Waals surface area (Å²) >= 11 is 5.80. The number of carbonyl (C=O) groups is 2. The topological polar surface area (TPSA) is 92.3 Å². The van der Waals surface area contributed by atoms with Gasteiger partial charge in [0.25, 0.3) is 5.91 Å². The predicted octanol–water partition coefficient (Wildman–Crippen LogP) is 2.51. The van der Waals surface area contributed by atoms with Gasteiger partial charge in [0.2, 0.25) is 5.91 Å². The van der Waals surface area contributed by atoms with Crippen LogP contribution < -0.4 is 10.6 Å². The zero-order valence-corrected chi connectivity index (χ0v) is 15.7. The molecule has 0 heterocycles. The van der Waals surface area contributed by atoms with E-state index in [1.165, 1.54) is 12.1 Å². The summed E-state index contributed by atoms with van der Waals surface area (Å²) in [6.45, 7) is 0. The first kappa shape index (κ1) is 19.9. The van der Waals surface area contributed by atoms with Gasteiger partial charge in [-0.3, -0.25) is 9.59 Å². The summed E-state index contributed by atoms with van der Waals surface area (Å²) < 4.78 is 22.9. The average molecular weight is 395 g/mol. The highest BCUT2D eigenvalue weighted by Gasteiger charge is 2.23. The van der Waals surface area contributed by atoms with Crippen LogP contribution in [0.3, 0.4) is 0 Å². The second-order valence-electron chi connectivity index (χ2n) is 5.81. The third kappa shape index (κ3) is 6.50. The van der Waals surface area contributed by atoms with Gasteiger partial charge in [-0.05, 0) is 42.8 Å². The Morgan fingerprint density at radius 3 is 2.23 bits per heavy atom. The van der Waals surface area contributed by atoms with Crippen molar-refractivity contribution >= 4 is 38.9 Å². The van der Waals surface area contributed by atoms with E-state index in [2.05, 4.69) is 10.6 Å². The molecule has 8 heteroatoms. The first-order valence-electron chi connectivity index (χ1n) is 7.85. The average Bonchev–Trinajstić information content (AvgIpc) is 2.59. The molecule has 0 aliphatic rings. The van der Waals surface area contributed by atoms with E-state index in [1.807, 2.05) is 0 Å². The summed E-state index contributed by atoms with van der Waals surface area (Å²) in [7, 11) is -3.28. The SMILES string of the molecule is CS(=O)(=O)CC[C@H](NC(=O)c1ccc(Cl)cc1)C(=O)Nc1ccccc1. The fourth-order valence-electron chi connectivity index (χ4n) is 2.19. The van der Waals surface area contributed by atoms with Crippen LogP contribution in [0.2, 0.25) is 5.02 Å². The van der Waals surface area contributed by atoms with Gasteiger partial charge in [-0.25, -0.2) is 8.42 Å². The molecular formula is C18H19ClN2O4S. The second-order valence-corrected chi connectivity index (χ2v) is 8.50. The Bertz CT molecular complexity index is 868. The van der Waals surface area contributed by atoms with E-state index in [9.17, 15) is 18.0 Å². The van der Waals surface area contributed by atoms with Gasteiger partial charge in [0, 0.05) is 22.5 Å². The Morgan fingerprint density at radius 1 is 1.04 bits per heavy atom. The monoisotopic (exact) mass is 394 g/mol. The number of hydrogen-bond donors (Lipinski definition) is 2. The van der Waals surface area contributed by atoms with Crippen molar-refractivity contribution in [1.29, 1.82) is 0 Å². The summed E-state index contributed by atoms with van der Waals surface area (Å²) in [5.74, 6) is -1.19. The normalized spacial score (nSPS) is 12.2. The third-order valence-corrected chi connectivity index (χ3v) is 4.78. The molecule has 0 fully saturated rings. The Labute approximate surface area is 157 Å². The van der Waals surface area contributed by atoms with Crippen LogP contribution in [0, 0.1) is 0 Å². The first-order chi connectivity index (χ1) is 12.2. The number of amides is 2. The minimum absolute atomic E-state index is 0.0309. The maximum Gasteiger partial charge on any atom is 0.251 e. The smallest absolute Gasteiger partial charge is 0.251 e. The van der Waals surface area contributed by atoms with Crippen molar-refractivity contribution in [3.8, 4) is 0 Å². The van der Waals surface area contributed by atoms with E-state index >= 15 is 0 Å². The molecule has 0 unspecified atom stereocenters. The van der Waals surface area contributed by atoms with E-state index < -0.39 is 27.7 Å². The molecule has 0 aliphatic heterocycles. The molecule has 0 saturated carbocycles. The number of anilines is 1. The third-order valence-electron chi connectivity index (χ3n) is 3.55. The molecule has 6 nitrogen and oxygen atoms in total. The highest BCUT2D eigenvalue weighted by atomic mass is 35.5. The van der Waals surface area contributed by atoms with E-state index in [4.69, 9.17) is 11.6 Å². The largest absolute Gasteiger partial charge is 0.340 e. The van der Waals surface area contributed by atoms with Crippen molar-refractivity contribution in [3.05, 3.63) is 65.2 Å². The highest BCUT2D eigenvalue weighted by Crippen LogP contribution is 2.11. The van der Waals surface area contributed by atoms with Crippen molar-refractivity contribution in [3.63, 3.8) is 0 Å². The standard InChI is InChI=1S/C18H19ClN2O4S/c1-26(24,25)12-11-16(18(23)20-15-5-3-2-4-6-15)21-17(22)13-7-9-14(19)10-8-13/h2-10,16H,11-12H2,1H3,(H,20,23)(H,21,22)/t16-/m0/s1. The second kappa shape index (κ2) is 8.82. The molecule has 26 heavy (non-hydrogen) atoms. The number of halogens is 1. The molecule has 2 N–H and O–H groups in total. The summed E-state index contributed by atoms with van der Waals surface area (Å²) in [6.07, 6.45) is 1.05. The van der Waals surface area contributed by atoms with Gasteiger partial charge in [0.1, 0.15) is 15.9 Å². The Hall–Kier alpha value is -2.38. The number of hydrogen-bond acceptors (Lipinski definition) is 4. The van der Waals surface area contributed by atoms with Crippen LogP contribution in [-0.2, 0) is 14.6 Å². The molecule has 0 bridgehead atoms. The minimum Gasteiger partial charge on any atom is -0.340 e. The molecule has 2 aromatic carbocycles. The van der Waals surface area contributed by atoms with Crippen LogP contribution in [0.25, 0.3) is 0 Å². The lowest BCUT2D eigenvalue weighted by molar-refractivity contribution is -0.118. The van der Waals surface area contributed by atoms with E-state index in [-0.39, 0.29) is 12.2 Å². The van der Waals surface area contributed by atoms with E-state index in [0.717, 1.165) is 6.26 Å². The lowest BCUT2D eigenvalue weighted by Gasteiger charge is -2.18. The number of sulfone groups is 1. The van der Waals surface area contributed by atoms with Crippen LogP contribution in [0.15, 0.2) is 54.6 Å². The number of benzene rings is 2. The first-order valence-corrected chi connectivity index (χ1v) is 10.3. The van der Waals surface area contributed by atoms with Crippen LogP contribution in [-0.4, -0.2) is 38.3 Å². The molecule has 0 saturated heterocycles. The predicted molar refractivity (Wildman–Crippen MR) is 102 cm³/mol. The Balaban J connectivity index is 2.12. The van der Waals surface area contributed by atoms with Gasteiger partial charge in [-0.2, -0.15) is 0 Å². The molecule has 2 aromatic rings. The maximum absolute atomic E-state index is 12.5. The van der Waals surface area contributed by atoms with Gasteiger partial charge >= 0.3 is 0 Å². The molecule has 2 amide bonds. The van der Waals surface area contributed by atoms with Gasteiger partial charge in [-0.15, -0.1) is 0 Å². The van der Waals surface area contributed by atoms with Crippen molar-refractivity contribution in [2.24, 2.45) is 0 Å². The Kier molecular flexibility index (Phi) is 6.76. The molecule has 138 valence electrons. The Morgan fingerprint density at radius 2 is 1.65 bits per heavy atom. The van der Waals surface area contributed by atoms with Gasteiger partial charge in [0.05, 0.1) is 5.75 Å². The van der Waals surface area contributed by atoms with Crippen LogP contribution in [0.1, 0.15) is 16.8 Å². The number of rotatable bonds is 7. The highest BCUT2D eigenvalue weighted by molar-refractivity contribution is 7.90. The number of para-hydroxylation sites is 1. The molecule has 2 rings (SSSR count). The molecular weight excluding hydrogens is 376 g/mol. The molecule has 0 spiro atoms. The minimum atomic E-state index is -3.28. The summed E-state index contributed by atoms with van der Waals surface area (Å²) in [4.78, 5) is 24.9. The molecule has 0 aromatic heterocycles. The van der Waals surface area contributed by atoms with Gasteiger partial charge < -0.3 is 10.6 Å².